The highest BCUT2D eigenvalue weighted by atomic mass is 16.5. The van der Waals surface area contributed by atoms with E-state index in [9.17, 15) is 4.79 Å². The number of amides is 1. The van der Waals surface area contributed by atoms with E-state index in [4.69, 9.17) is 4.74 Å². The lowest BCUT2D eigenvalue weighted by Gasteiger charge is -2.36. The number of pyridine rings is 1. The molecule has 0 bridgehead atoms. The standard InChI is InChI=1S/C16H23N3O2/c1-13-4-2-6-15(17-13)19-7-3-5-14(12-19)16(20)18-8-10-21-11-9-18/h2,4,6,14H,3,5,7-12H2,1H3. The van der Waals surface area contributed by atoms with Crippen LogP contribution in [0.2, 0.25) is 0 Å². The first-order valence-corrected chi connectivity index (χ1v) is 7.79. The largest absolute Gasteiger partial charge is 0.378 e. The summed E-state index contributed by atoms with van der Waals surface area (Å²) in [7, 11) is 0. The van der Waals surface area contributed by atoms with Crippen LogP contribution in [0.25, 0.3) is 0 Å². The predicted molar refractivity (Wildman–Crippen MR) is 81.3 cm³/mol. The van der Waals surface area contributed by atoms with Gasteiger partial charge in [-0.15, -0.1) is 0 Å². The Morgan fingerprint density at radius 3 is 2.86 bits per heavy atom. The number of carbonyl (C=O) groups excluding carboxylic acids is 1. The number of hydrogen-bond acceptors (Lipinski definition) is 4. The summed E-state index contributed by atoms with van der Waals surface area (Å²) in [5, 5.41) is 0. The molecular weight excluding hydrogens is 266 g/mol. The monoisotopic (exact) mass is 289 g/mol. The summed E-state index contributed by atoms with van der Waals surface area (Å²) in [6.45, 7) is 6.58. The van der Waals surface area contributed by atoms with Crippen molar-refractivity contribution in [3.05, 3.63) is 23.9 Å². The smallest absolute Gasteiger partial charge is 0.227 e. The average molecular weight is 289 g/mol. The fraction of sp³-hybridized carbons (Fsp3) is 0.625. The van der Waals surface area contributed by atoms with Gasteiger partial charge in [-0.3, -0.25) is 4.79 Å². The van der Waals surface area contributed by atoms with Crippen LogP contribution in [0.15, 0.2) is 18.2 Å². The maximum atomic E-state index is 12.6. The minimum atomic E-state index is 0.0964. The molecule has 1 aromatic heterocycles. The van der Waals surface area contributed by atoms with Gasteiger partial charge in [-0.25, -0.2) is 4.98 Å². The molecule has 2 aliphatic heterocycles. The van der Waals surface area contributed by atoms with Crippen LogP contribution in [-0.2, 0) is 9.53 Å². The van der Waals surface area contributed by atoms with Crippen molar-refractivity contribution in [2.45, 2.75) is 19.8 Å². The first-order chi connectivity index (χ1) is 10.2. The van der Waals surface area contributed by atoms with Gasteiger partial charge in [0.2, 0.25) is 5.91 Å². The van der Waals surface area contributed by atoms with Crippen LogP contribution in [-0.4, -0.2) is 55.2 Å². The number of hydrogen-bond donors (Lipinski definition) is 0. The molecule has 0 radical (unpaired) electrons. The summed E-state index contributed by atoms with van der Waals surface area (Å²) >= 11 is 0. The van der Waals surface area contributed by atoms with E-state index in [0.717, 1.165) is 50.5 Å². The maximum Gasteiger partial charge on any atom is 0.227 e. The van der Waals surface area contributed by atoms with Crippen LogP contribution in [0.5, 0.6) is 0 Å². The van der Waals surface area contributed by atoms with Crippen LogP contribution < -0.4 is 4.90 Å². The minimum Gasteiger partial charge on any atom is -0.378 e. The lowest BCUT2D eigenvalue weighted by atomic mass is 9.96. The topological polar surface area (TPSA) is 45.7 Å². The lowest BCUT2D eigenvalue weighted by molar-refractivity contribution is -0.139. The minimum absolute atomic E-state index is 0.0964. The van der Waals surface area contributed by atoms with Crippen molar-refractivity contribution < 1.29 is 9.53 Å². The molecule has 114 valence electrons. The third kappa shape index (κ3) is 3.35. The number of anilines is 1. The summed E-state index contributed by atoms with van der Waals surface area (Å²) in [5.41, 5.74) is 1.02. The molecule has 21 heavy (non-hydrogen) atoms. The molecule has 0 saturated carbocycles. The zero-order valence-electron chi connectivity index (χ0n) is 12.6. The molecule has 2 saturated heterocycles. The highest BCUT2D eigenvalue weighted by Gasteiger charge is 2.30. The summed E-state index contributed by atoms with van der Waals surface area (Å²) in [6.07, 6.45) is 2.04. The Morgan fingerprint density at radius 1 is 1.29 bits per heavy atom. The second-order valence-corrected chi connectivity index (χ2v) is 5.86. The number of rotatable bonds is 2. The van der Waals surface area contributed by atoms with Crippen molar-refractivity contribution >= 4 is 11.7 Å². The number of aromatic nitrogens is 1. The second kappa shape index (κ2) is 6.43. The number of aryl methyl sites for hydroxylation is 1. The highest BCUT2D eigenvalue weighted by Crippen LogP contribution is 2.23. The van der Waals surface area contributed by atoms with Gasteiger partial charge >= 0.3 is 0 Å². The van der Waals surface area contributed by atoms with Crippen LogP contribution >= 0.6 is 0 Å². The van der Waals surface area contributed by atoms with Gasteiger partial charge in [0.25, 0.3) is 0 Å². The molecule has 5 heteroatoms. The fourth-order valence-electron chi connectivity index (χ4n) is 3.13. The van der Waals surface area contributed by atoms with Gasteiger partial charge < -0.3 is 14.5 Å². The van der Waals surface area contributed by atoms with E-state index in [0.29, 0.717) is 13.2 Å². The molecule has 3 rings (SSSR count). The van der Waals surface area contributed by atoms with Crippen molar-refractivity contribution in [3.63, 3.8) is 0 Å². The third-order valence-electron chi connectivity index (χ3n) is 4.29. The van der Waals surface area contributed by atoms with Gasteiger partial charge in [0.05, 0.1) is 19.1 Å². The molecule has 0 N–H and O–H groups in total. The van der Waals surface area contributed by atoms with Crippen molar-refractivity contribution in [3.8, 4) is 0 Å². The van der Waals surface area contributed by atoms with E-state index in [2.05, 4.69) is 9.88 Å². The van der Waals surface area contributed by atoms with Crippen molar-refractivity contribution in [2.24, 2.45) is 5.92 Å². The lowest BCUT2D eigenvalue weighted by Crippen LogP contribution is -2.48. The molecule has 5 nitrogen and oxygen atoms in total. The molecule has 1 atom stereocenters. The van der Waals surface area contributed by atoms with Crippen molar-refractivity contribution in [2.75, 3.05) is 44.3 Å². The first-order valence-electron chi connectivity index (χ1n) is 7.79. The number of morpholine rings is 1. The van der Waals surface area contributed by atoms with Gasteiger partial charge in [0.15, 0.2) is 0 Å². The molecule has 3 heterocycles. The first kappa shape index (κ1) is 14.3. The number of carbonyl (C=O) groups is 1. The van der Waals surface area contributed by atoms with E-state index >= 15 is 0 Å². The highest BCUT2D eigenvalue weighted by molar-refractivity contribution is 5.79. The second-order valence-electron chi connectivity index (χ2n) is 5.86. The SMILES string of the molecule is Cc1cccc(N2CCCC(C(=O)N3CCOCC3)C2)n1. The van der Waals surface area contributed by atoms with E-state index in [1.807, 2.05) is 30.0 Å². The van der Waals surface area contributed by atoms with Gasteiger partial charge in [-0.1, -0.05) is 6.07 Å². The number of nitrogens with zero attached hydrogens (tertiary/aromatic N) is 3. The van der Waals surface area contributed by atoms with Gasteiger partial charge in [-0.2, -0.15) is 0 Å². The van der Waals surface area contributed by atoms with Crippen LogP contribution in [0, 0.1) is 12.8 Å². The van der Waals surface area contributed by atoms with Crippen LogP contribution in [0.1, 0.15) is 18.5 Å². The predicted octanol–water partition coefficient (Wildman–Crippen LogP) is 1.47. The third-order valence-corrected chi connectivity index (χ3v) is 4.29. The maximum absolute atomic E-state index is 12.6. The van der Waals surface area contributed by atoms with Crippen molar-refractivity contribution in [1.82, 2.24) is 9.88 Å². The summed E-state index contributed by atoms with van der Waals surface area (Å²) in [5.74, 6) is 1.38. The van der Waals surface area contributed by atoms with E-state index in [-0.39, 0.29) is 11.8 Å². The Kier molecular flexibility index (Phi) is 4.39. The molecular formula is C16H23N3O2. The molecule has 0 spiro atoms. The zero-order chi connectivity index (χ0) is 14.7. The number of piperidine rings is 1. The molecule has 2 fully saturated rings. The van der Waals surface area contributed by atoms with Gasteiger partial charge in [0.1, 0.15) is 5.82 Å². The van der Waals surface area contributed by atoms with Crippen molar-refractivity contribution in [1.29, 1.82) is 0 Å². The molecule has 1 amide bonds. The van der Waals surface area contributed by atoms with Crippen LogP contribution in [0.3, 0.4) is 0 Å². The summed E-state index contributed by atoms with van der Waals surface area (Å²) in [4.78, 5) is 21.4. The molecule has 0 aliphatic carbocycles. The summed E-state index contributed by atoms with van der Waals surface area (Å²) < 4.78 is 5.33. The van der Waals surface area contributed by atoms with Crippen LogP contribution in [0.4, 0.5) is 5.82 Å². The van der Waals surface area contributed by atoms with E-state index < -0.39 is 0 Å². The Hall–Kier alpha value is -1.62. The Labute approximate surface area is 125 Å². The average Bonchev–Trinajstić information content (AvgIpc) is 2.55. The zero-order valence-corrected chi connectivity index (χ0v) is 12.6. The molecule has 1 aromatic rings. The summed E-state index contributed by atoms with van der Waals surface area (Å²) in [6, 6.07) is 6.07. The fourth-order valence-corrected chi connectivity index (χ4v) is 3.13. The normalized spacial score (nSPS) is 23.2. The Bertz CT molecular complexity index is 500. The van der Waals surface area contributed by atoms with E-state index in [1.165, 1.54) is 0 Å². The molecule has 0 aromatic carbocycles. The quantitative estimate of drug-likeness (QED) is 0.827. The Morgan fingerprint density at radius 2 is 2.10 bits per heavy atom. The van der Waals surface area contributed by atoms with Gasteiger partial charge in [-0.05, 0) is 31.9 Å². The number of ether oxygens (including phenoxy) is 1. The Balaban J connectivity index is 1.66. The van der Waals surface area contributed by atoms with Gasteiger partial charge in [0, 0.05) is 31.9 Å². The van der Waals surface area contributed by atoms with E-state index in [1.54, 1.807) is 0 Å². The molecule has 1 unspecified atom stereocenters. The molecule has 2 aliphatic rings.